The molecule has 0 aliphatic carbocycles. The zero-order valence-electron chi connectivity index (χ0n) is 16.1. The van der Waals surface area contributed by atoms with Gasteiger partial charge in [-0.1, -0.05) is 37.3 Å². The van der Waals surface area contributed by atoms with E-state index in [1.54, 1.807) is 19.1 Å². The Morgan fingerprint density at radius 3 is 2.50 bits per heavy atom. The number of halogens is 1. The second kappa shape index (κ2) is 8.88. The number of alkyl halides is 1. The van der Waals surface area contributed by atoms with Crippen LogP contribution in [-0.4, -0.2) is 39.6 Å². The van der Waals surface area contributed by atoms with Crippen LogP contribution in [0.25, 0.3) is 0 Å². The fraction of sp³-hybridized carbons (Fsp3) is 0.364. The van der Waals surface area contributed by atoms with Crippen molar-refractivity contribution in [3.05, 3.63) is 72.3 Å². The number of nitrogens with zero attached hydrogens (tertiary/aromatic N) is 1. The summed E-state index contributed by atoms with van der Waals surface area (Å²) in [5.74, 6) is 0.228. The largest absolute Gasteiger partial charge is 0.299 e. The molecule has 0 amide bonds. The third kappa shape index (κ3) is 4.80. The van der Waals surface area contributed by atoms with Gasteiger partial charge in [0, 0.05) is 24.7 Å². The van der Waals surface area contributed by atoms with Crippen LogP contribution in [0.4, 0.5) is 10.1 Å². The first-order chi connectivity index (χ1) is 13.4. The van der Waals surface area contributed by atoms with E-state index in [2.05, 4.69) is 16.2 Å². The van der Waals surface area contributed by atoms with Crippen molar-refractivity contribution in [1.29, 1.82) is 0 Å². The molecule has 4 nitrogen and oxygen atoms in total. The van der Waals surface area contributed by atoms with E-state index in [0.29, 0.717) is 11.6 Å². The molecule has 0 bridgehead atoms. The summed E-state index contributed by atoms with van der Waals surface area (Å²) in [6, 6.07) is 14.0. The molecule has 1 fully saturated rings. The topological polar surface area (TPSA) is 49.4 Å². The molecule has 2 unspecified atom stereocenters. The van der Waals surface area contributed by atoms with Gasteiger partial charge in [0.2, 0.25) is 0 Å². The molecule has 0 saturated carbocycles. The Bertz CT molecular complexity index is 895. The summed E-state index contributed by atoms with van der Waals surface area (Å²) in [5.41, 5.74) is 2.54. The number of benzene rings is 2. The van der Waals surface area contributed by atoms with Crippen molar-refractivity contribution in [3.63, 3.8) is 0 Å². The van der Waals surface area contributed by atoms with Crippen LogP contribution in [0.5, 0.6) is 0 Å². The van der Waals surface area contributed by atoms with E-state index in [4.69, 9.17) is 0 Å². The van der Waals surface area contributed by atoms with Crippen molar-refractivity contribution in [3.8, 4) is 0 Å². The molecule has 2 aromatic rings. The van der Waals surface area contributed by atoms with E-state index in [1.807, 2.05) is 30.3 Å². The number of likely N-dealkylation sites (tertiary alicyclic amines) is 1. The van der Waals surface area contributed by atoms with Crippen molar-refractivity contribution in [2.75, 3.05) is 31.0 Å². The van der Waals surface area contributed by atoms with Crippen LogP contribution in [-0.2, 0) is 10.0 Å². The Hall–Kier alpha value is -2.18. The maximum atomic E-state index is 12.8. The Kier molecular flexibility index (Phi) is 6.52. The van der Waals surface area contributed by atoms with Crippen LogP contribution in [0, 0.1) is 0 Å². The van der Waals surface area contributed by atoms with Gasteiger partial charge >= 0.3 is 0 Å². The monoisotopic (exact) mass is 402 g/mol. The van der Waals surface area contributed by atoms with Gasteiger partial charge < -0.3 is 0 Å². The number of sulfonamides is 1. The lowest BCUT2D eigenvalue weighted by atomic mass is 9.98. The lowest BCUT2D eigenvalue weighted by Gasteiger charge is -2.14. The van der Waals surface area contributed by atoms with Gasteiger partial charge in [0.15, 0.2) is 0 Å². The summed E-state index contributed by atoms with van der Waals surface area (Å²) in [6.45, 7) is 8.04. The molecule has 150 valence electrons. The van der Waals surface area contributed by atoms with E-state index in [-0.39, 0.29) is 10.8 Å². The summed E-state index contributed by atoms with van der Waals surface area (Å²) < 4.78 is 40.6. The van der Waals surface area contributed by atoms with E-state index in [1.165, 1.54) is 17.7 Å². The molecule has 0 radical (unpaired) electrons. The molecule has 1 N–H and O–H groups in total. The maximum absolute atomic E-state index is 12.8. The molecule has 6 heteroatoms. The standard InChI is InChI=1S/C22H27FN2O2S/c1-3-13-25-14-12-20(16-25)19-4-8-21(9-5-19)24-28(26,27)22-10-6-18(7-11-22)17(2)15-23/h3-11,17,20,24H,1,12-16H2,2H3. The summed E-state index contributed by atoms with van der Waals surface area (Å²) in [4.78, 5) is 2.53. The van der Waals surface area contributed by atoms with Crippen LogP contribution in [0.2, 0.25) is 0 Å². The number of nitrogens with one attached hydrogen (secondary N) is 1. The van der Waals surface area contributed by atoms with Gasteiger partial charge in [-0.25, -0.2) is 8.42 Å². The van der Waals surface area contributed by atoms with Gasteiger partial charge in [-0.2, -0.15) is 0 Å². The van der Waals surface area contributed by atoms with Crippen molar-refractivity contribution in [2.24, 2.45) is 0 Å². The SMILES string of the molecule is C=CCN1CCC(c2ccc(NS(=O)(=O)c3ccc(C(C)CF)cc3)cc2)C1. The molecule has 1 heterocycles. The lowest BCUT2D eigenvalue weighted by Crippen LogP contribution is -2.19. The maximum Gasteiger partial charge on any atom is 0.261 e. The summed E-state index contributed by atoms with van der Waals surface area (Å²) in [7, 11) is -3.67. The zero-order chi connectivity index (χ0) is 20.1. The predicted molar refractivity (Wildman–Crippen MR) is 112 cm³/mol. The van der Waals surface area contributed by atoms with E-state index in [9.17, 15) is 12.8 Å². The molecular formula is C22H27FN2O2S. The fourth-order valence-corrected chi connectivity index (χ4v) is 4.61. The normalized spacial score (nSPS) is 18.7. The second-order valence-electron chi connectivity index (χ2n) is 7.39. The van der Waals surface area contributed by atoms with Gasteiger partial charge in [0.1, 0.15) is 0 Å². The third-order valence-electron chi connectivity index (χ3n) is 5.28. The third-order valence-corrected chi connectivity index (χ3v) is 6.68. The Morgan fingerprint density at radius 2 is 1.89 bits per heavy atom. The molecule has 2 atom stereocenters. The predicted octanol–water partition coefficient (Wildman–Crippen LogP) is 4.54. The van der Waals surface area contributed by atoms with E-state index < -0.39 is 16.7 Å². The first-order valence-corrected chi connectivity index (χ1v) is 11.0. The highest BCUT2D eigenvalue weighted by Crippen LogP contribution is 2.28. The molecular weight excluding hydrogens is 375 g/mol. The smallest absolute Gasteiger partial charge is 0.261 e. The van der Waals surface area contributed by atoms with Crippen molar-refractivity contribution in [2.45, 2.75) is 30.1 Å². The zero-order valence-corrected chi connectivity index (χ0v) is 17.0. The molecule has 1 aliphatic rings. The summed E-state index contributed by atoms with van der Waals surface area (Å²) in [5, 5.41) is 0. The summed E-state index contributed by atoms with van der Waals surface area (Å²) in [6.07, 6.45) is 3.02. The number of anilines is 1. The highest BCUT2D eigenvalue weighted by atomic mass is 32.2. The highest BCUT2D eigenvalue weighted by Gasteiger charge is 2.23. The minimum atomic E-state index is -3.67. The second-order valence-corrected chi connectivity index (χ2v) is 9.07. The van der Waals surface area contributed by atoms with Gasteiger partial charge in [-0.05, 0) is 54.3 Å². The van der Waals surface area contributed by atoms with Crippen molar-refractivity contribution in [1.82, 2.24) is 4.90 Å². The summed E-state index contributed by atoms with van der Waals surface area (Å²) >= 11 is 0. The minimum absolute atomic E-state index is 0.169. The van der Waals surface area contributed by atoms with Crippen LogP contribution < -0.4 is 4.72 Å². The average molecular weight is 403 g/mol. The molecule has 0 aromatic heterocycles. The first-order valence-electron chi connectivity index (χ1n) is 9.55. The highest BCUT2D eigenvalue weighted by molar-refractivity contribution is 7.92. The van der Waals surface area contributed by atoms with Crippen molar-refractivity contribution >= 4 is 15.7 Å². The quantitative estimate of drug-likeness (QED) is 0.660. The van der Waals surface area contributed by atoms with E-state index >= 15 is 0 Å². The van der Waals surface area contributed by atoms with Gasteiger partial charge in [0.25, 0.3) is 10.0 Å². The Morgan fingerprint density at radius 1 is 1.21 bits per heavy atom. The van der Waals surface area contributed by atoms with E-state index in [0.717, 1.165) is 31.6 Å². The average Bonchev–Trinajstić information content (AvgIpc) is 3.17. The van der Waals surface area contributed by atoms with Crippen LogP contribution in [0.1, 0.15) is 36.3 Å². The Balaban J connectivity index is 1.67. The van der Waals surface area contributed by atoms with Gasteiger partial charge in [-0.15, -0.1) is 6.58 Å². The molecule has 1 aliphatic heterocycles. The minimum Gasteiger partial charge on any atom is -0.299 e. The van der Waals surface area contributed by atoms with Gasteiger partial charge in [-0.3, -0.25) is 14.0 Å². The van der Waals surface area contributed by atoms with Crippen molar-refractivity contribution < 1.29 is 12.8 Å². The molecule has 2 aromatic carbocycles. The molecule has 1 saturated heterocycles. The first kappa shape index (κ1) is 20.6. The van der Waals surface area contributed by atoms with Crippen LogP contribution in [0.3, 0.4) is 0 Å². The molecule has 3 rings (SSSR count). The lowest BCUT2D eigenvalue weighted by molar-refractivity contribution is 0.372. The van der Waals surface area contributed by atoms with Crippen LogP contribution >= 0.6 is 0 Å². The molecule has 28 heavy (non-hydrogen) atoms. The number of hydrogen-bond acceptors (Lipinski definition) is 3. The van der Waals surface area contributed by atoms with Gasteiger partial charge in [0.05, 0.1) is 11.6 Å². The fourth-order valence-electron chi connectivity index (χ4n) is 3.56. The van der Waals surface area contributed by atoms with Crippen LogP contribution in [0.15, 0.2) is 66.1 Å². The number of rotatable bonds is 8. The Labute approximate surface area is 167 Å². The number of hydrogen-bond donors (Lipinski definition) is 1. The molecule has 0 spiro atoms.